The van der Waals surface area contributed by atoms with Gasteiger partial charge in [-0.3, -0.25) is 4.79 Å². The highest BCUT2D eigenvalue weighted by Gasteiger charge is 2.44. The lowest BCUT2D eigenvalue weighted by atomic mass is 10.0. The Labute approximate surface area is 179 Å². The van der Waals surface area contributed by atoms with E-state index in [-0.39, 0.29) is 5.91 Å². The number of amides is 1. The molecule has 1 amide bonds. The molecule has 2 unspecified atom stereocenters. The summed E-state index contributed by atoms with van der Waals surface area (Å²) < 4.78 is 11.0. The van der Waals surface area contributed by atoms with Crippen LogP contribution in [0, 0.1) is 11.8 Å². The number of fused-ring (bicyclic) bond motifs is 1. The van der Waals surface area contributed by atoms with Crippen LogP contribution < -0.4 is 9.47 Å². The first-order valence-corrected chi connectivity index (χ1v) is 10.8. The van der Waals surface area contributed by atoms with Gasteiger partial charge in [-0.25, -0.2) is 0 Å². The van der Waals surface area contributed by atoms with Gasteiger partial charge in [0.25, 0.3) is 5.91 Å². The second-order valence-corrected chi connectivity index (χ2v) is 8.95. The van der Waals surface area contributed by atoms with Gasteiger partial charge in [0.2, 0.25) is 0 Å². The fourth-order valence-electron chi connectivity index (χ4n) is 5.11. The average molecular weight is 409 g/mol. The van der Waals surface area contributed by atoms with Crippen LogP contribution in [0.3, 0.4) is 0 Å². The van der Waals surface area contributed by atoms with Crippen LogP contribution in [-0.2, 0) is 0 Å². The molecule has 0 aromatic heterocycles. The van der Waals surface area contributed by atoms with E-state index in [9.17, 15) is 4.79 Å². The molecular formula is C25H32N2O3. The van der Waals surface area contributed by atoms with Gasteiger partial charge in [-0.1, -0.05) is 0 Å². The van der Waals surface area contributed by atoms with E-state index >= 15 is 0 Å². The molecule has 160 valence electrons. The van der Waals surface area contributed by atoms with Gasteiger partial charge in [0.1, 0.15) is 17.2 Å². The maximum Gasteiger partial charge on any atom is 0.253 e. The summed E-state index contributed by atoms with van der Waals surface area (Å²) in [5, 5.41) is 0. The second-order valence-electron chi connectivity index (χ2n) is 8.95. The van der Waals surface area contributed by atoms with Crippen LogP contribution in [0.25, 0.3) is 0 Å². The first-order chi connectivity index (χ1) is 14.4. The van der Waals surface area contributed by atoms with Crippen LogP contribution in [0.2, 0.25) is 0 Å². The predicted molar refractivity (Wildman–Crippen MR) is 118 cm³/mol. The fraction of sp³-hybridized carbons (Fsp3) is 0.480. The normalized spacial score (nSPS) is 25.2. The first-order valence-electron chi connectivity index (χ1n) is 10.8. The summed E-state index contributed by atoms with van der Waals surface area (Å²) in [6.45, 7) is 0. The number of carbonyl (C=O) groups is 1. The Bertz CT molecular complexity index is 849. The number of carbonyl (C=O) groups excluding carboxylic acids is 1. The van der Waals surface area contributed by atoms with Crippen molar-refractivity contribution in [2.75, 3.05) is 28.3 Å². The van der Waals surface area contributed by atoms with Crippen molar-refractivity contribution >= 4 is 5.91 Å². The third-order valence-electron chi connectivity index (χ3n) is 6.96. The van der Waals surface area contributed by atoms with E-state index in [2.05, 4.69) is 19.0 Å². The van der Waals surface area contributed by atoms with Crippen LogP contribution in [0.15, 0.2) is 48.5 Å². The summed E-state index contributed by atoms with van der Waals surface area (Å²) in [6.07, 6.45) is 4.81. The quantitative estimate of drug-likeness (QED) is 0.696. The highest BCUT2D eigenvalue weighted by molar-refractivity contribution is 5.94. The molecule has 2 aliphatic rings. The van der Waals surface area contributed by atoms with Crippen molar-refractivity contribution in [3.63, 3.8) is 0 Å². The van der Waals surface area contributed by atoms with Crippen LogP contribution in [-0.4, -0.2) is 56.0 Å². The second kappa shape index (κ2) is 8.68. The monoisotopic (exact) mass is 408 g/mol. The lowest BCUT2D eigenvalue weighted by Crippen LogP contribution is -2.36. The zero-order valence-corrected chi connectivity index (χ0v) is 18.4. The largest absolute Gasteiger partial charge is 0.497 e. The molecule has 0 saturated heterocycles. The topological polar surface area (TPSA) is 42.0 Å². The minimum Gasteiger partial charge on any atom is -0.497 e. The van der Waals surface area contributed by atoms with E-state index in [0.717, 1.165) is 36.2 Å². The molecule has 30 heavy (non-hydrogen) atoms. The molecule has 4 atom stereocenters. The minimum atomic E-state index is 0.0973. The Kier molecular flexibility index (Phi) is 6.00. The Morgan fingerprint density at radius 2 is 1.23 bits per heavy atom. The highest BCUT2D eigenvalue weighted by Crippen LogP contribution is 2.46. The Morgan fingerprint density at radius 1 is 0.767 bits per heavy atom. The first kappa shape index (κ1) is 20.7. The van der Waals surface area contributed by atoms with E-state index in [4.69, 9.17) is 9.47 Å². The molecule has 2 fully saturated rings. The molecule has 2 aromatic rings. The van der Waals surface area contributed by atoms with Crippen LogP contribution in [0.4, 0.5) is 0 Å². The van der Waals surface area contributed by atoms with Crippen molar-refractivity contribution < 1.29 is 14.3 Å². The van der Waals surface area contributed by atoms with Crippen molar-refractivity contribution in [3.05, 3.63) is 54.1 Å². The lowest BCUT2D eigenvalue weighted by Gasteiger charge is -2.27. The van der Waals surface area contributed by atoms with E-state index in [1.54, 1.807) is 7.11 Å². The average Bonchev–Trinajstić information content (AvgIpc) is 3.33. The summed E-state index contributed by atoms with van der Waals surface area (Å²) in [7, 11) is 7.96. The molecule has 0 N–H and O–H groups in total. The van der Waals surface area contributed by atoms with Crippen molar-refractivity contribution in [1.29, 1.82) is 0 Å². The van der Waals surface area contributed by atoms with Crippen LogP contribution in [0.1, 0.15) is 36.0 Å². The SMILES string of the molecule is COc1ccc(Oc2ccc(C(=O)N(C)C3C[C@H]4CC(N(C)C)C[C@H]4C3)cc2)cc1. The van der Waals surface area contributed by atoms with Gasteiger partial charge < -0.3 is 19.3 Å². The van der Waals surface area contributed by atoms with E-state index in [0.29, 0.717) is 23.4 Å². The fourth-order valence-corrected chi connectivity index (χ4v) is 5.11. The summed E-state index contributed by atoms with van der Waals surface area (Å²) in [6, 6.07) is 15.9. The standard InChI is InChI=1S/C25H32N2O3/c1-26(2)20-13-18-15-21(16-19(18)14-20)27(3)25(28)17-5-7-23(8-6-17)30-24-11-9-22(29-4)10-12-24/h5-12,18-21H,13-16H2,1-4H3/t18-,19+,20?,21?. The summed E-state index contributed by atoms with van der Waals surface area (Å²) in [5.74, 6) is 3.86. The van der Waals surface area contributed by atoms with Gasteiger partial charge in [0.15, 0.2) is 0 Å². The minimum absolute atomic E-state index is 0.0973. The summed E-state index contributed by atoms with van der Waals surface area (Å²) >= 11 is 0. The van der Waals surface area contributed by atoms with Gasteiger partial charge in [0, 0.05) is 24.7 Å². The van der Waals surface area contributed by atoms with Crippen LogP contribution >= 0.6 is 0 Å². The molecule has 2 saturated carbocycles. The lowest BCUT2D eigenvalue weighted by molar-refractivity contribution is 0.0726. The third-order valence-corrected chi connectivity index (χ3v) is 6.96. The molecule has 0 radical (unpaired) electrons. The number of benzene rings is 2. The van der Waals surface area contributed by atoms with E-state index < -0.39 is 0 Å². The zero-order valence-electron chi connectivity index (χ0n) is 18.4. The molecule has 4 rings (SSSR count). The zero-order chi connectivity index (χ0) is 21.3. The van der Waals surface area contributed by atoms with Crippen molar-refractivity contribution in [1.82, 2.24) is 9.80 Å². The van der Waals surface area contributed by atoms with Gasteiger partial charge >= 0.3 is 0 Å². The molecule has 5 heteroatoms. The molecule has 5 nitrogen and oxygen atoms in total. The molecule has 0 aliphatic heterocycles. The van der Waals surface area contributed by atoms with Crippen molar-refractivity contribution in [3.8, 4) is 17.2 Å². The predicted octanol–water partition coefficient (Wildman–Crippen LogP) is 4.68. The van der Waals surface area contributed by atoms with Crippen LogP contribution in [0.5, 0.6) is 17.2 Å². The molecule has 0 heterocycles. The van der Waals surface area contributed by atoms with Gasteiger partial charge in [0.05, 0.1) is 7.11 Å². The van der Waals surface area contributed by atoms with E-state index in [1.165, 1.54) is 12.8 Å². The molecule has 2 aromatic carbocycles. The Morgan fingerprint density at radius 3 is 1.73 bits per heavy atom. The number of hydrogen-bond donors (Lipinski definition) is 0. The summed E-state index contributed by atoms with van der Waals surface area (Å²) in [5.41, 5.74) is 0.711. The molecule has 2 aliphatic carbocycles. The maximum atomic E-state index is 13.0. The van der Waals surface area contributed by atoms with E-state index in [1.807, 2.05) is 60.5 Å². The van der Waals surface area contributed by atoms with Crippen molar-refractivity contribution in [2.45, 2.75) is 37.8 Å². The molecule has 0 spiro atoms. The number of rotatable bonds is 6. The number of nitrogens with zero attached hydrogens (tertiary/aromatic N) is 2. The molecule has 0 bridgehead atoms. The van der Waals surface area contributed by atoms with Gasteiger partial charge in [-0.2, -0.15) is 0 Å². The maximum absolute atomic E-state index is 13.0. The highest BCUT2D eigenvalue weighted by atomic mass is 16.5. The molecular weight excluding hydrogens is 376 g/mol. The van der Waals surface area contributed by atoms with Gasteiger partial charge in [-0.15, -0.1) is 0 Å². The number of hydrogen-bond acceptors (Lipinski definition) is 4. The van der Waals surface area contributed by atoms with Crippen molar-refractivity contribution in [2.24, 2.45) is 11.8 Å². The summed E-state index contributed by atoms with van der Waals surface area (Å²) in [4.78, 5) is 17.3. The third kappa shape index (κ3) is 4.31. The van der Waals surface area contributed by atoms with Gasteiger partial charge in [-0.05, 0) is 100 Å². The number of ether oxygens (including phenoxy) is 2. The number of methoxy groups -OCH3 is 1. The smallest absolute Gasteiger partial charge is 0.253 e. The Hall–Kier alpha value is -2.53. The Balaban J connectivity index is 1.34.